The first kappa shape index (κ1) is 34.0. The van der Waals surface area contributed by atoms with Gasteiger partial charge in [-0.3, -0.25) is 14.5 Å². The van der Waals surface area contributed by atoms with Crippen molar-refractivity contribution in [1.29, 1.82) is 0 Å². The van der Waals surface area contributed by atoms with E-state index in [1.54, 1.807) is 54.6 Å². The van der Waals surface area contributed by atoms with E-state index in [2.05, 4.69) is 4.74 Å². The lowest BCUT2D eigenvalue weighted by Crippen LogP contribution is -2.40. The molecule has 0 unspecified atom stereocenters. The Kier molecular flexibility index (Phi) is 12.0. The molecule has 6 rings (SSSR count). The number of aliphatic hydroxyl groups excluding tert-OH is 3. The second-order valence-corrected chi connectivity index (χ2v) is 11.2. The van der Waals surface area contributed by atoms with Crippen LogP contribution in [0.4, 0.5) is 0 Å². The van der Waals surface area contributed by atoms with Gasteiger partial charge in [-0.15, -0.1) is 0 Å². The summed E-state index contributed by atoms with van der Waals surface area (Å²) in [4.78, 5) is 49.5. The fourth-order valence-corrected chi connectivity index (χ4v) is 5.62. The minimum absolute atomic E-state index is 0.128. The predicted molar refractivity (Wildman–Crippen MR) is 172 cm³/mol. The van der Waals surface area contributed by atoms with Gasteiger partial charge in [0.2, 0.25) is 0 Å². The van der Waals surface area contributed by atoms with Crippen LogP contribution in [0.2, 0.25) is 10.0 Å². The molecule has 4 aromatic rings. The maximum Gasteiger partial charge on any atom is 0.346 e. The quantitative estimate of drug-likeness (QED) is 0.0839. The standard InChI is InChI=1S/C17H16ClNO3.C12H5ClO3.C5H12O2/c18-14-8-7-13-15-11(14)5-4-6-12(15)16(21)19(17(13)22)9-2-1-3-10-20;13-9-5-4-8-10-6(9)2-1-3-7(10)11(14)16-12(8)15;6-4-2-1-3-5-7/h4-8,20H,1-3,9-10H2;1-5H;6-7H,1-5H2. The Morgan fingerprint density at radius 2 is 0.956 bits per heavy atom. The molecule has 45 heavy (non-hydrogen) atoms. The highest BCUT2D eigenvalue weighted by atomic mass is 35.5. The van der Waals surface area contributed by atoms with Crippen LogP contribution in [0, 0.1) is 0 Å². The zero-order valence-electron chi connectivity index (χ0n) is 24.4. The number of amides is 2. The molecular weight excluding hydrogens is 621 g/mol. The molecule has 0 radical (unpaired) electrons. The number of esters is 2. The molecule has 2 heterocycles. The van der Waals surface area contributed by atoms with Gasteiger partial charge < -0.3 is 20.1 Å². The van der Waals surface area contributed by atoms with Crippen LogP contribution in [0.15, 0.2) is 60.7 Å². The first-order chi connectivity index (χ1) is 21.7. The highest BCUT2D eigenvalue weighted by Crippen LogP contribution is 2.35. The molecule has 0 atom stereocenters. The topological polar surface area (TPSA) is 141 Å². The van der Waals surface area contributed by atoms with Crippen molar-refractivity contribution in [2.24, 2.45) is 0 Å². The predicted octanol–water partition coefficient (Wildman–Crippen LogP) is 6.20. The molecule has 2 aliphatic rings. The number of cyclic esters (lactones) is 2. The van der Waals surface area contributed by atoms with E-state index in [4.69, 9.17) is 38.5 Å². The van der Waals surface area contributed by atoms with Crippen molar-refractivity contribution in [3.8, 4) is 0 Å². The number of halogens is 2. The van der Waals surface area contributed by atoms with E-state index in [1.807, 2.05) is 6.07 Å². The van der Waals surface area contributed by atoms with Crippen molar-refractivity contribution < 1.29 is 39.2 Å². The number of imide groups is 1. The van der Waals surface area contributed by atoms with Crippen molar-refractivity contribution in [2.75, 3.05) is 26.4 Å². The highest BCUT2D eigenvalue weighted by Gasteiger charge is 2.32. The lowest BCUT2D eigenvalue weighted by Gasteiger charge is -2.27. The SMILES string of the molecule is O=C1OC(=O)c2ccc(Cl)c3cccc1c23.O=C1c2cccc3c(Cl)ccc(c23)C(=O)N1CCCCCO.OCCCCCO. The summed E-state index contributed by atoms with van der Waals surface area (Å²) in [5, 5.41) is 28.9. The number of aliphatic hydroxyl groups is 3. The Morgan fingerprint density at radius 3 is 1.49 bits per heavy atom. The third-order valence-electron chi connectivity index (χ3n) is 7.41. The van der Waals surface area contributed by atoms with E-state index in [1.165, 1.54) is 4.90 Å². The van der Waals surface area contributed by atoms with Crippen LogP contribution in [0.25, 0.3) is 21.5 Å². The van der Waals surface area contributed by atoms with Crippen LogP contribution in [0.1, 0.15) is 80.0 Å². The monoisotopic (exact) mass is 653 g/mol. The van der Waals surface area contributed by atoms with Gasteiger partial charge in [0.15, 0.2) is 0 Å². The van der Waals surface area contributed by atoms with Crippen molar-refractivity contribution in [3.63, 3.8) is 0 Å². The lowest BCUT2D eigenvalue weighted by atomic mass is 9.94. The summed E-state index contributed by atoms with van der Waals surface area (Å²) in [5.74, 6) is -1.78. The minimum Gasteiger partial charge on any atom is -0.396 e. The molecule has 0 saturated carbocycles. The van der Waals surface area contributed by atoms with E-state index >= 15 is 0 Å². The molecule has 0 aromatic heterocycles. The Hall–Kier alpha value is -3.86. The van der Waals surface area contributed by atoms with Gasteiger partial charge in [0.25, 0.3) is 11.8 Å². The summed E-state index contributed by atoms with van der Waals surface area (Å²) < 4.78 is 4.62. The normalized spacial score (nSPS) is 13.3. The number of carbonyl (C=O) groups is 4. The number of benzene rings is 4. The number of rotatable bonds is 9. The molecule has 11 heteroatoms. The van der Waals surface area contributed by atoms with Crippen LogP contribution in [0.5, 0.6) is 0 Å². The summed E-state index contributed by atoms with van der Waals surface area (Å²) >= 11 is 12.2. The molecule has 4 aromatic carbocycles. The number of carbonyl (C=O) groups excluding carboxylic acids is 4. The summed E-state index contributed by atoms with van der Waals surface area (Å²) in [7, 11) is 0. The van der Waals surface area contributed by atoms with E-state index in [9.17, 15) is 19.2 Å². The van der Waals surface area contributed by atoms with Gasteiger partial charge in [0.05, 0.1) is 11.1 Å². The number of nitrogens with zero attached hydrogens (tertiary/aromatic N) is 1. The van der Waals surface area contributed by atoms with Gasteiger partial charge in [-0.05, 0) is 74.9 Å². The van der Waals surface area contributed by atoms with E-state index in [-0.39, 0.29) is 31.6 Å². The summed E-state index contributed by atoms with van der Waals surface area (Å²) in [6.07, 6.45) is 4.73. The molecule has 3 N–H and O–H groups in total. The molecule has 9 nitrogen and oxygen atoms in total. The summed E-state index contributed by atoms with van der Waals surface area (Å²) in [6.45, 7) is 0.999. The average molecular weight is 655 g/mol. The van der Waals surface area contributed by atoms with Crippen LogP contribution in [0.3, 0.4) is 0 Å². The fraction of sp³-hybridized carbons (Fsp3) is 0.294. The average Bonchev–Trinajstić information content (AvgIpc) is 3.04. The van der Waals surface area contributed by atoms with Crippen molar-refractivity contribution in [3.05, 3.63) is 93.0 Å². The number of hydrogen-bond donors (Lipinski definition) is 3. The van der Waals surface area contributed by atoms with Crippen LogP contribution >= 0.6 is 23.2 Å². The second-order valence-electron chi connectivity index (χ2n) is 10.4. The smallest absolute Gasteiger partial charge is 0.346 e. The maximum atomic E-state index is 12.6. The lowest BCUT2D eigenvalue weighted by molar-refractivity contribution is 0.0390. The van der Waals surface area contributed by atoms with Crippen molar-refractivity contribution in [1.82, 2.24) is 4.90 Å². The first-order valence-electron chi connectivity index (χ1n) is 14.6. The van der Waals surface area contributed by atoms with Gasteiger partial charge in [0, 0.05) is 69.1 Å². The number of ether oxygens (including phenoxy) is 1. The molecule has 0 saturated heterocycles. The summed E-state index contributed by atoms with van der Waals surface area (Å²) in [6, 6.07) is 17.0. The molecule has 0 bridgehead atoms. The third kappa shape index (κ3) is 7.52. The molecule has 0 aliphatic carbocycles. The third-order valence-corrected chi connectivity index (χ3v) is 8.07. The molecule has 2 amide bonds. The highest BCUT2D eigenvalue weighted by molar-refractivity contribution is 6.38. The van der Waals surface area contributed by atoms with Gasteiger partial charge in [-0.25, -0.2) is 9.59 Å². The van der Waals surface area contributed by atoms with E-state index < -0.39 is 11.9 Å². The maximum absolute atomic E-state index is 12.6. The molecule has 0 spiro atoms. The molecular formula is C34H33Cl2NO8. The van der Waals surface area contributed by atoms with Crippen LogP contribution in [-0.4, -0.2) is 70.3 Å². The Bertz CT molecular complexity index is 1690. The fourth-order valence-electron chi connectivity index (χ4n) is 5.18. The van der Waals surface area contributed by atoms with E-state index in [0.29, 0.717) is 67.8 Å². The zero-order valence-corrected chi connectivity index (χ0v) is 25.9. The number of hydrogen-bond acceptors (Lipinski definition) is 8. The van der Waals surface area contributed by atoms with Crippen molar-refractivity contribution in [2.45, 2.75) is 38.5 Å². The van der Waals surface area contributed by atoms with Gasteiger partial charge in [-0.1, -0.05) is 47.5 Å². The van der Waals surface area contributed by atoms with Gasteiger partial charge >= 0.3 is 11.9 Å². The van der Waals surface area contributed by atoms with Gasteiger partial charge in [0.1, 0.15) is 0 Å². The largest absolute Gasteiger partial charge is 0.396 e. The first-order valence-corrected chi connectivity index (χ1v) is 15.4. The molecule has 0 fully saturated rings. The number of unbranched alkanes of at least 4 members (excludes halogenated alkanes) is 4. The Balaban J connectivity index is 0.000000175. The van der Waals surface area contributed by atoms with Crippen molar-refractivity contribution >= 4 is 68.5 Å². The Labute approximate surface area is 269 Å². The van der Waals surface area contributed by atoms with Crippen LogP contribution in [-0.2, 0) is 4.74 Å². The zero-order chi connectivity index (χ0) is 32.5. The molecule has 236 valence electrons. The van der Waals surface area contributed by atoms with E-state index in [0.717, 1.165) is 31.1 Å². The molecule has 2 aliphatic heterocycles. The minimum atomic E-state index is -0.620. The van der Waals surface area contributed by atoms with Crippen LogP contribution < -0.4 is 0 Å². The Morgan fingerprint density at radius 1 is 0.533 bits per heavy atom. The van der Waals surface area contributed by atoms with Gasteiger partial charge in [-0.2, -0.15) is 0 Å². The second kappa shape index (κ2) is 15.9. The summed E-state index contributed by atoms with van der Waals surface area (Å²) in [5.41, 5.74) is 1.82.